The standard InChI is InChI=1S/C68H102N8O12/c1-43(73(9)65(83)87-67(3,4)5)59(77)69-55(45-27-15-13-16-28-45)63(81)75-37-25-35-51(75)61(79)71-57-49-33-21-19-31-47(49)41-53(57)85-39-23-11-12-24-40-86-54-42-48-32-20-22-34-50(48)58(54)72-62(80)52-36-26-38-76(52)64(82)56(46-29-17-14-18-30-46)70-60(78)44(2)74(10)66(84)88-68(6,7)8/h19-22,31-34,43-46,51-58H,11-18,23-30,35-42H2,1-10H3,(H,69,77)(H,70,78)(H,71,79)(H,72,80). The van der Waals surface area contributed by atoms with Gasteiger partial charge in [-0.1, -0.05) is 99.9 Å². The van der Waals surface area contributed by atoms with Crippen molar-refractivity contribution in [1.29, 1.82) is 0 Å². The average molecular weight is 1220 g/mol. The van der Waals surface area contributed by atoms with Gasteiger partial charge in [-0.05, 0) is 154 Å². The Morgan fingerprint density at radius 2 is 0.875 bits per heavy atom. The number of benzene rings is 2. The van der Waals surface area contributed by atoms with Gasteiger partial charge in [-0.2, -0.15) is 0 Å². The Hall–Kier alpha value is -6.28. The fraction of sp³-hybridized carbons (Fsp3) is 0.706. The van der Waals surface area contributed by atoms with Crippen LogP contribution >= 0.6 is 0 Å². The molecular formula is C68H102N8O12. The number of unbranched alkanes of at least 4 members (excludes halogenated alkanes) is 3. The Labute approximate surface area is 522 Å². The van der Waals surface area contributed by atoms with Crippen LogP contribution in [0.1, 0.15) is 205 Å². The number of carbonyl (C=O) groups excluding carboxylic acids is 8. The monoisotopic (exact) mass is 1220 g/mol. The van der Waals surface area contributed by atoms with Gasteiger partial charge >= 0.3 is 12.2 Å². The van der Waals surface area contributed by atoms with Gasteiger partial charge < -0.3 is 50.0 Å². The van der Waals surface area contributed by atoms with Crippen LogP contribution < -0.4 is 21.3 Å². The lowest BCUT2D eigenvalue weighted by atomic mass is 9.83. The summed E-state index contributed by atoms with van der Waals surface area (Å²) in [6.07, 6.45) is 14.1. The number of hydrogen-bond acceptors (Lipinski definition) is 12. The highest BCUT2D eigenvalue weighted by molar-refractivity contribution is 5.96. The van der Waals surface area contributed by atoms with Crippen LogP contribution in [0.3, 0.4) is 0 Å². The van der Waals surface area contributed by atoms with Crippen molar-refractivity contribution in [3.05, 3.63) is 70.8 Å². The van der Waals surface area contributed by atoms with E-state index in [9.17, 15) is 38.4 Å². The summed E-state index contributed by atoms with van der Waals surface area (Å²) in [7, 11) is 3.03. The molecule has 2 saturated carbocycles. The second-order valence-electron chi connectivity index (χ2n) is 27.7. The first-order chi connectivity index (χ1) is 41.9. The molecule has 2 heterocycles. The van der Waals surface area contributed by atoms with Gasteiger partial charge in [-0.15, -0.1) is 0 Å². The SMILES string of the molecule is CC(C(=O)NC(C(=O)N1CCCC1C(=O)NC1c2ccccc2CC1OCCCCCCOC1Cc2ccccc2C1NC(=O)C1CCCN1C(=O)C(NC(=O)C(C)N(C)C(=O)OC(C)(C)C)C1CCCCC1)C1CCCCC1)N(C)C(=O)OC(C)(C)C. The predicted molar refractivity (Wildman–Crippen MR) is 333 cm³/mol. The van der Waals surface area contributed by atoms with Gasteiger partial charge in [0.2, 0.25) is 35.4 Å². The summed E-state index contributed by atoms with van der Waals surface area (Å²) in [4.78, 5) is 118. The van der Waals surface area contributed by atoms with Crippen LogP contribution in [-0.2, 0) is 60.6 Å². The van der Waals surface area contributed by atoms with Crippen LogP contribution in [0.4, 0.5) is 9.59 Å². The van der Waals surface area contributed by atoms with Gasteiger partial charge in [0.05, 0.1) is 24.3 Å². The van der Waals surface area contributed by atoms with Crippen molar-refractivity contribution in [3.8, 4) is 0 Å². The Kier molecular flexibility index (Phi) is 23.4. The van der Waals surface area contributed by atoms with Crippen molar-refractivity contribution in [2.45, 2.75) is 256 Å². The molecule has 20 heteroatoms. The number of carbonyl (C=O) groups is 8. The topological polar surface area (TPSA) is 235 Å². The summed E-state index contributed by atoms with van der Waals surface area (Å²) >= 11 is 0. The molecule has 6 aliphatic rings. The second kappa shape index (κ2) is 30.5. The predicted octanol–water partition coefficient (Wildman–Crippen LogP) is 8.77. The molecule has 486 valence electrons. The summed E-state index contributed by atoms with van der Waals surface area (Å²) in [6.45, 7) is 15.6. The minimum atomic E-state index is -0.899. The number of likely N-dealkylation sites (N-methyl/N-ethyl adjacent to an activating group) is 2. The van der Waals surface area contributed by atoms with Gasteiger partial charge in [0.1, 0.15) is 47.5 Å². The molecule has 2 saturated heterocycles. The van der Waals surface area contributed by atoms with E-state index in [0.717, 1.165) is 112 Å². The highest BCUT2D eigenvalue weighted by Crippen LogP contribution is 2.38. The zero-order valence-electron chi connectivity index (χ0n) is 54.2. The Morgan fingerprint density at radius 1 is 0.511 bits per heavy atom. The van der Waals surface area contributed by atoms with Crippen LogP contribution in [0, 0.1) is 11.8 Å². The molecule has 0 spiro atoms. The highest BCUT2D eigenvalue weighted by atomic mass is 16.6. The minimum Gasteiger partial charge on any atom is -0.444 e. The van der Waals surface area contributed by atoms with E-state index >= 15 is 0 Å². The van der Waals surface area contributed by atoms with E-state index in [1.165, 1.54) is 23.9 Å². The second-order valence-corrected chi connectivity index (χ2v) is 27.7. The summed E-state index contributed by atoms with van der Waals surface area (Å²) < 4.78 is 24.3. The van der Waals surface area contributed by atoms with Crippen molar-refractivity contribution >= 4 is 47.6 Å². The summed E-state index contributed by atoms with van der Waals surface area (Å²) in [5, 5.41) is 12.7. The first-order valence-corrected chi connectivity index (χ1v) is 33.0. The molecule has 0 bridgehead atoms. The van der Waals surface area contributed by atoms with E-state index in [-0.39, 0.29) is 47.7 Å². The fourth-order valence-electron chi connectivity index (χ4n) is 13.8. The largest absolute Gasteiger partial charge is 0.444 e. The molecule has 4 N–H and O–H groups in total. The summed E-state index contributed by atoms with van der Waals surface area (Å²) in [6, 6.07) is 10.4. The molecule has 88 heavy (non-hydrogen) atoms. The van der Waals surface area contributed by atoms with Crippen LogP contribution in [0.25, 0.3) is 0 Å². The van der Waals surface area contributed by atoms with Crippen LogP contribution in [0.5, 0.6) is 0 Å². The van der Waals surface area contributed by atoms with Crippen molar-refractivity contribution in [1.82, 2.24) is 40.9 Å². The fourth-order valence-corrected chi connectivity index (χ4v) is 13.8. The van der Waals surface area contributed by atoms with E-state index in [0.29, 0.717) is 64.8 Å². The van der Waals surface area contributed by atoms with Crippen molar-refractivity contribution in [2.75, 3.05) is 40.4 Å². The quantitative estimate of drug-likeness (QED) is 0.0765. The highest BCUT2D eigenvalue weighted by Gasteiger charge is 2.46. The minimum absolute atomic E-state index is 0.0954. The van der Waals surface area contributed by atoms with Crippen molar-refractivity contribution < 1.29 is 57.3 Å². The zero-order chi connectivity index (χ0) is 63.5. The molecular weight excluding hydrogens is 1120 g/mol. The number of nitrogens with one attached hydrogen (secondary N) is 4. The lowest BCUT2D eigenvalue weighted by Crippen LogP contribution is -2.59. The van der Waals surface area contributed by atoms with Gasteiger partial charge in [-0.3, -0.25) is 38.6 Å². The molecule has 2 aliphatic heterocycles. The molecule has 8 amide bonds. The van der Waals surface area contributed by atoms with Gasteiger partial charge in [-0.25, -0.2) is 9.59 Å². The Bertz CT molecular complexity index is 2570. The Balaban J connectivity index is 0.819. The first-order valence-electron chi connectivity index (χ1n) is 33.0. The third-order valence-corrected chi connectivity index (χ3v) is 19.0. The molecule has 10 atom stereocenters. The number of hydrogen-bond donors (Lipinski definition) is 4. The molecule has 10 unspecified atom stereocenters. The van der Waals surface area contributed by atoms with E-state index in [1.807, 2.05) is 36.4 Å². The Morgan fingerprint density at radius 3 is 1.24 bits per heavy atom. The number of amides is 8. The molecule has 2 aromatic rings. The van der Waals surface area contributed by atoms with E-state index < -0.39 is 83.5 Å². The summed E-state index contributed by atoms with van der Waals surface area (Å²) in [5.41, 5.74) is 2.74. The van der Waals surface area contributed by atoms with Gasteiger partial charge in [0.25, 0.3) is 0 Å². The maximum atomic E-state index is 14.7. The van der Waals surface area contributed by atoms with Gasteiger partial charge in [0, 0.05) is 53.2 Å². The van der Waals surface area contributed by atoms with Crippen LogP contribution in [0.2, 0.25) is 0 Å². The number of rotatable bonds is 23. The molecule has 0 aromatic heterocycles. The maximum Gasteiger partial charge on any atom is 0.410 e. The first kappa shape index (κ1) is 67.6. The molecule has 0 radical (unpaired) electrons. The normalized spacial score (nSPS) is 23.6. The third-order valence-electron chi connectivity index (χ3n) is 19.0. The third kappa shape index (κ3) is 17.4. The van der Waals surface area contributed by atoms with E-state index in [4.69, 9.17) is 18.9 Å². The van der Waals surface area contributed by atoms with Crippen molar-refractivity contribution in [2.24, 2.45) is 11.8 Å². The van der Waals surface area contributed by atoms with Crippen LogP contribution in [-0.4, -0.2) is 167 Å². The molecule has 4 fully saturated rings. The van der Waals surface area contributed by atoms with E-state index in [2.05, 4.69) is 33.4 Å². The van der Waals surface area contributed by atoms with Crippen molar-refractivity contribution in [3.63, 3.8) is 0 Å². The number of likely N-dealkylation sites (tertiary alicyclic amines) is 2. The average Bonchev–Trinajstić information content (AvgIpc) is 2.32. The van der Waals surface area contributed by atoms with Crippen LogP contribution in [0.15, 0.2) is 48.5 Å². The molecule has 4 aliphatic carbocycles. The lowest BCUT2D eigenvalue weighted by molar-refractivity contribution is -0.144. The molecule has 2 aromatic carbocycles. The molecule has 8 rings (SSSR count). The maximum absolute atomic E-state index is 14.7. The summed E-state index contributed by atoms with van der Waals surface area (Å²) in [5.74, 6) is -2.10. The lowest BCUT2D eigenvalue weighted by Gasteiger charge is -2.36. The molecule has 20 nitrogen and oxygen atoms in total. The van der Waals surface area contributed by atoms with Gasteiger partial charge in [0.15, 0.2) is 0 Å². The smallest absolute Gasteiger partial charge is 0.410 e. The van der Waals surface area contributed by atoms with E-state index in [1.54, 1.807) is 65.2 Å². The number of fused-ring (bicyclic) bond motifs is 2. The number of nitrogens with zero attached hydrogens (tertiary/aromatic N) is 4. The zero-order valence-corrected chi connectivity index (χ0v) is 54.2. The number of ether oxygens (including phenoxy) is 4.